The topological polar surface area (TPSA) is 58.6 Å². The third kappa shape index (κ3) is 5.48. The van der Waals surface area contributed by atoms with Crippen molar-refractivity contribution >= 4 is 11.8 Å². The highest BCUT2D eigenvalue weighted by Gasteiger charge is 2.21. The second kappa shape index (κ2) is 9.44. The van der Waals surface area contributed by atoms with Crippen molar-refractivity contribution in [2.75, 3.05) is 20.7 Å². The van der Waals surface area contributed by atoms with Gasteiger partial charge in [0.05, 0.1) is 19.7 Å². The van der Waals surface area contributed by atoms with Gasteiger partial charge in [0, 0.05) is 19.0 Å². The van der Waals surface area contributed by atoms with Gasteiger partial charge >= 0.3 is 0 Å². The van der Waals surface area contributed by atoms with Gasteiger partial charge < -0.3 is 15.0 Å². The van der Waals surface area contributed by atoms with Gasteiger partial charge in [-0.25, -0.2) is 0 Å². The van der Waals surface area contributed by atoms with Crippen LogP contribution in [0.15, 0.2) is 24.3 Å². The molecule has 1 aliphatic rings. The van der Waals surface area contributed by atoms with Crippen LogP contribution < -0.4 is 10.1 Å². The number of nitrogens with zero attached hydrogens (tertiary/aromatic N) is 1. The van der Waals surface area contributed by atoms with Gasteiger partial charge in [-0.05, 0) is 31.7 Å². The second-order valence-electron chi connectivity index (χ2n) is 6.91. The van der Waals surface area contributed by atoms with E-state index in [0.717, 1.165) is 24.2 Å². The molecule has 0 radical (unpaired) electrons. The number of benzene rings is 1. The average Bonchev–Trinajstić information content (AvgIpc) is 2.65. The van der Waals surface area contributed by atoms with E-state index in [4.69, 9.17) is 4.74 Å². The number of hydrogen-bond acceptors (Lipinski definition) is 3. The Hall–Kier alpha value is -2.04. The molecule has 0 aliphatic heterocycles. The Morgan fingerprint density at radius 1 is 1.24 bits per heavy atom. The average molecular weight is 346 g/mol. The van der Waals surface area contributed by atoms with Gasteiger partial charge in [0.15, 0.2) is 0 Å². The van der Waals surface area contributed by atoms with Crippen LogP contribution in [0.3, 0.4) is 0 Å². The molecular formula is C20H30N2O3. The highest BCUT2D eigenvalue weighted by atomic mass is 16.5. The maximum Gasteiger partial charge on any atom is 0.242 e. The fourth-order valence-corrected chi connectivity index (χ4v) is 3.46. The van der Waals surface area contributed by atoms with Crippen molar-refractivity contribution in [2.24, 2.45) is 5.92 Å². The maximum absolute atomic E-state index is 12.4. The molecule has 1 aromatic rings. The molecule has 2 rings (SSSR count). The minimum atomic E-state index is -0.126. The van der Waals surface area contributed by atoms with Crippen molar-refractivity contribution in [3.63, 3.8) is 0 Å². The number of carbonyl (C=O) groups excluding carboxylic acids is 2. The molecule has 1 unspecified atom stereocenters. The summed E-state index contributed by atoms with van der Waals surface area (Å²) in [5.74, 6) is 1.12. The fraction of sp³-hybridized carbons (Fsp3) is 0.600. The van der Waals surface area contributed by atoms with E-state index < -0.39 is 0 Å². The molecule has 1 atom stereocenters. The normalized spacial score (nSPS) is 16.1. The van der Waals surface area contributed by atoms with Gasteiger partial charge in [0.25, 0.3) is 0 Å². The third-order valence-corrected chi connectivity index (χ3v) is 5.20. The number of ether oxygens (including phenoxy) is 1. The number of hydrogen-bond donors (Lipinski definition) is 1. The third-order valence-electron chi connectivity index (χ3n) is 5.20. The Bertz CT molecular complexity index is 582. The van der Waals surface area contributed by atoms with Crippen LogP contribution in [0.25, 0.3) is 0 Å². The number of amides is 2. The standard InChI is InChI=1S/C20H30N2O3/c1-15(17-11-7-8-12-18(17)25-3)22(2)20(24)14-21-19(23)13-16-9-5-4-6-10-16/h7-8,11-12,15-16H,4-6,9-10,13-14H2,1-3H3,(H,21,23). The predicted octanol–water partition coefficient (Wildman–Crippen LogP) is 3.30. The van der Waals surface area contributed by atoms with Crippen molar-refractivity contribution in [3.8, 4) is 5.75 Å². The van der Waals surface area contributed by atoms with Crippen LogP contribution in [0, 0.1) is 5.92 Å². The SMILES string of the molecule is COc1ccccc1C(C)N(C)C(=O)CNC(=O)CC1CCCCC1. The molecule has 1 fully saturated rings. The largest absolute Gasteiger partial charge is 0.496 e. The molecule has 1 aromatic carbocycles. The first-order valence-electron chi connectivity index (χ1n) is 9.18. The minimum absolute atomic E-state index is 0.0152. The summed E-state index contributed by atoms with van der Waals surface area (Å²) in [4.78, 5) is 26.2. The lowest BCUT2D eigenvalue weighted by molar-refractivity contribution is -0.133. The van der Waals surface area contributed by atoms with E-state index >= 15 is 0 Å². The Labute approximate surface area is 150 Å². The Morgan fingerprint density at radius 3 is 2.60 bits per heavy atom. The lowest BCUT2D eigenvalue weighted by atomic mass is 9.87. The van der Waals surface area contributed by atoms with Gasteiger partial charge in [-0.3, -0.25) is 9.59 Å². The molecule has 1 N–H and O–H groups in total. The number of likely N-dealkylation sites (N-methyl/N-ethyl adjacent to an activating group) is 1. The molecule has 0 saturated heterocycles. The molecule has 0 heterocycles. The maximum atomic E-state index is 12.4. The van der Waals surface area contributed by atoms with Crippen molar-refractivity contribution in [2.45, 2.75) is 51.5 Å². The molecule has 25 heavy (non-hydrogen) atoms. The van der Waals surface area contributed by atoms with Gasteiger partial charge in [-0.15, -0.1) is 0 Å². The highest BCUT2D eigenvalue weighted by Crippen LogP contribution is 2.28. The first-order chi connectivity index (χ1) is 12.0. The van der Waals surface area contributed by atoms with Crippen molar-refractivity contribution < 1.29 is 14.3 Å². The van der Waals surface area contributed by atoms with Crippen molar-refractivity contribution in [3.05, 3.63) is 29.8 Å². The van der Waals surface area contributed by atoms with E-state index in [1.165, 1.54) is 19.3 Å². The number of carbonyl (C=O) groups is 2. The summed E-state index contributed by atoms with van der Waals surface area (Å²) in [5, 5.41) is 2.78. The molecule has 1 saturated carbocycles. The summed E-state index contributed by atoms with van der Waals surface area (Å²) in [7, 11) is 3.38. The van der Waals surface area contributed by atoms with Crippen LogP contribution in [-0.2, 0) is 9.59 Å². The zero-order chi connectivity index (χ0) is 18.2. The van der Waals surface area contributed by atoms with Gasteiger partial charge in [-0.1, -0.05) is 37.5 Å². The summed E-state index contributed by atoms with van der Waals surface area (Å²) in [5.41, 5.74) is 0.953. The molecule has 1 aliphatic carbocycles. The van der Waals surface area contributed by atoms with Crippen LogP contribution in [-0.4, -0.2) is 37.4 Å². The quantitative estimate of drug-likeness (QED) is 0.824. The molecular weight excluding hydrogens is 316 g/mol. The second-order valence-corrected chi connectivity index (χ2v) is 6.91. The molecule has 138 valence electrons. The van der Waals surface area contributed by atoms with E-state index in [2.05, 4.69) is 5.32 Å². The van der Waals surface area contributed by atoms with Crippen LogP contribution in [0.5, 0.6) is 5.75 Å². The van der Waals surface area contributed by atoms with E-state index in [1.54, 1.807) is 19.1 Å². The van der Waals surface area contributed by atoms with E-state index in [1.807, 2.05) is 31.2 Å². The van der Waals surface area contributed by atoms with Gasteiger partial charge in [-0.2, -0.15) is 0 Å². The van der Waals surface area contributed by atoms with Crippen LogP contribution >= 0.6 is 0 Å². The highest BCUT2D eigenvalue weighted by molar-refractivity contribution is 5.85. The number of nitrogens with one attached hydrogen (secondary N) is 1. The van der Waals surface area contributed by atoms with Gasteiger partial charge in [0.1, 0.15) is 5.75 Å². The summed E-state index contributed by atoms with van der Waals surface area (Å²) in [6.45, 7) is 2.00. The Morgan fingerprint density at radius 2 is 1.92 bits per heavy atom. The zero-order valence-electron chi connectivity index (χ0n) is 15.6. The Balaban J connectivity index is 1.83. The lowest BCUT2D eigenvalue weighted by Crippen LogP contribution is -2.39. The first kappa shape index (κ1) is 19.3. The summed E-state index contributed by atoms with van der Waals surface area (Å²) in [6.07, 6.45) is 6.52. The molecule has 5 heteroatoms. The van der Waals surface area contributed by atoms with Crippen molar-refractivity contribution in [1.29, 1.82) is 0 Å². The van der Waals surface area contributed by atoms with Crippen LogP contribution in [0.1, 0.15) is 57.1 Å². The van der Waals surface area contributed by atoms with Crippen molar-refractivity contribution in [1.82, 2.24) is 10.2 Å². The monoisotopic (exact) mass is 346 g/mol. The molecule has 5 nitrogen and oxygen atoms in total. The summed E-state index contributed by atoms with van der Waals surface area (Å²) < 4.78 is 5.37. The zero-order valence-corrected chi connectivity index (χ0v) is 15.6. The molecule has 0 bridgehead atoms. The van der Waals surface area contributed by atoms with E-state index in [9.17, 15) is 9.59 Å². The Kier molecular flexibility index (Phi) is 7.29. The van der Waals surface area contributed by atoms with E-state index in [0.29, 0.717) is 12.3 Å². The number of para-hydroxylation sites is 1. The fourth-order valence-electron chi connectivity index (χ4n) is 3.46. The smallest absolute Gasteiger partial charge is 0.242 e. The van der Waals surface area contributed by atoms with E-state index in [-0.39, 0.29) is 24.4 Å². The lowest BCUT2D eigenvalue weighted by Gasteiger charge is -2.27. The molecule has 0 aromatic heterocycles. The predicted molar refractivity (Wildman–Crippen MR) is 98.4 cm³/mol. The van der Waals surface area contributed by atoms with Crippen LogP contribution in [0.2, 0.25) is 0 Å². The first-order valence-corrected chi connectivity index (χ1v) is 9.18. The minimum Gasteiger partial charge on any atom is -0.496 e. The number of methoxy groups -OCH3 is 1. The summed E-state index contributed by atoms with van der Waals surface area (Å²) in [6, 6.07) is 7.55. The molecule has 2 amide bonds. The van der Waals surface area contributed by atoms with Crippen LogP contribution in [0.4, 0.5) is 0 Å². The molecule has 0 spiro atoms. The summed E-state index contributed by atoms with van der Waals surface area (Å²) >= 11 is 0. The number of rotatable bonds is 7. The van der Waals surface area contributed by atoms with Gasteiger partial charge in [0.2, 0.25) is 11.8 Å².